The smallest absolute Gasteiger partial charge is 0.0176 e. The minimum Gasteiger partial charge on any atom is -0.317 e. The highest BCUT2D eigenvalue weighted by atomic mass is 79.9. The Labute approximate surface area is 112 Å². The number of nitrogens with one attached hydrogen (secondary N) is 1. The first-order valence-corrected chi connectivity index (χ1v) is 7.59. The van der Waals surface area contributed by atoms with Gasteiger partial charge in [-0.1, -0.05) is 22.9 Å². The van der Waals surface area contributed by atoms with Crippen molar-refractivity contribution in [1.29, 1.82) is 0 Å². The zero-order chi connectivity index (χ0) is 11.8. The first-order chi connectivity index (χ1) is 7.76. The topological polar surface area (TPSA) is 12.0 Å². The molecule has 0 amide bonds. The molecule has 0 aromatic heterocycles. The molecular weight excluding hydrogens is 282 g/mol. The molecule has 0 fully saturated rings. The van der Waals surface area contributed by atoms with Crippen molar-refractivity contribution >= 4 is 27.7 Å². The van der Waals surface area contributed by atoms with Gasteiger partial charge >= 0.3 is 0 Å². The summed E-state index contributed by atoms with van der Waals surface area (Å²) >= 11 is 5.39. The Hall–Kier alpha value is 0.01000. The summed E-state index contributed by atoms with van der Waals surface area (Å²) in [7, 11) is 2.05. The lowest BCUT2D eigenvalue weighted by Gasteiger charge is -2.12. The molecule has 0 aliphatic carbocycles. The van der Waals surface area contributed by atoms with Gasteiger partial charge in [0.05, 0.1) is 0 Å². The molecule has 0 heterocycles. The zero-order valence-electron chi connectivity index (χ0n) is 10.0. The number of benzene rings is 1. The van der Waals surface area contributed by atoms with Crippen molar-refractivity contribution in [3.63, 3.8) is 0 Å². The fraction of sp³-hybridized carbons (Fsp3) is 0.538. The van der Waals surface area contributed by atoms with Gasteiger partial charge in [-0.15, -0.1) is 11.8 Å². The Morgan fingerprint density at radius 3 is 2.56 bits per heavy atom. The van der Waals surface area contributed by atoms with Gasteiger partial charge in [-0.3, -0.25) is 0 Å². The minimum absolute atomic E-state index is 0.686. The summed E-state index contributed by atoms with van der Waals surface area (Å²) in [5, 5.41) is 3.34. The van der Waals surface area contributed by atoms with Gasteiger partial charge in [0.2, 0.25) is 0 Å². The van der Waals surface area contributed by atoms with Crippen LogP contribution in [0.4, 0.5) is 0 Å². The molecule has 0 radical (unpaired) electrons. The summed E-state index contributed by atoms with van der Waals surface area (Å²) in [4.78, 5) is 1.36. The van der Waals surface area contributed by atoms with Crippen LogP contribution < -0.4 is 5.32 Å². The molecule has 1 aromatic rings. The molecule has 1 atom stereocenters. The molecule has 0 spiro atoms. The van der Waals surface area contributed by atoms with Crippen LogP contribution in [0, 0.1) is 0 Å². The summed E-state index contributed by atoms with van der Waals surface area (Å²) in [5.74, 6) is 1.21. The van der Waals surface area contributed by atoms with Crippen LogP contribution in [0.3, 0.4) is 0 Å². The van der Waals surface area contributed by atoms with Gasteiger partial charge in [-0.2, -0.15) is 0 Å². The van der Waals surface area contributed by atoms with Gasteiger partial charge in [0.25, 0.3) is 0 Å². The van der Waals surface area contributed by atoms with E-state index in [-0.39, 0.29) is 0 Å². The average Bonchev–Trinajstić information content (AvgIpc) is 2.32. The van der Waals surface area contributed by atoms with Gasteiger partial charge in [-0.25, -0.2) is 0 Å². The predicted molar refractivity (Wildman–Crippen MR) is 77.2 cm³/mol. The van der Waals surface area contributed by atoms with E-state index in [1.165, 1.54) is 29.9 Å². The molecule has 0 saturated heterocycles. The SMILES string of the molecule is CCC(CCCSc1ccc(Br)cc1)NC. The highest BCUT2D eigenvalue weighted by Gasteiger charge is 2.02. The van der Waals surface area contributed by atoms with Crippen LogP contribution in [0.1, 0.15) is 26.2 Å². The lowest BCUT2D eigenvalue weighted by Crippen LogP contribution is -2.23. The second-order valence-corrected chi connectivity index (χ2v) is 5.92. The van der Waals surface area contributed by atoms with E-state index in [4.69, 9.17) is 0 Å². The molecule has 1 nitrogen and oxygen atoms in total. The standard InChI is InChI=1S/C13H20BrNS/c1-3-12(15-2)5-4-10-16-13-8-6-11(14)7-9-13/h6-9,12,15H,3-5,10H2,1-2H3. The number of hydrogen-bond acceptors (Lipinski definition) is 2. The van der Waals surface area contributed by atoms with E-state index in [9.17, 15) is 0 Å². The summed E-state index contributed by atoms with van der Waals surface area (Å²) in [6.07, 6.45) is 3.77. The summed E-state index contributed by atoms with van der Waals surface area (Å²) in [6, 6.07) is 9.23. The third kappa shape index (κ3) is 5.37. The van der Waals surface area contributed by atoms with Crippen molar-refractivity contribution < 1.29 is 0 Å². The maximum absolute atomic E-state index is 3.45. The molecule has 0 aliphatic heterocycles. The average molecular weight is 302 g/mol. The van der Waals surface area contributed by atoms with Crippen molar-refractivity contribution in [2.75, 3.05) is 12.8 Å². The second-order valence-electron chi connectivity index (χ2n) is 3.84. The second kappa shape index (κ2) is 8.15. The van der Waals surface area contributed by atoms with E-state index in [1.807, 2.05) is 11.8 Å². The maximum atomic E-state index is 3.45. The first-order valence-electron chi connectivity index (χ1n) is 5.82. The molecule has 16 heavy (non-hydrogen) atoms. The number of rotatable bonds is 7. The largest absolute Gasteiger partial charge is 0.317 e. The molecular formula is C13H20BrNS. The van der Waals surface area contributed by atoms with Gasteiger partial charge in [0, 0.05) is 15.4 Å². The first kappa shape index (κ1) is 14.1. The highest BCUT2D eigenvalue weighted by molar-refractivity contribution is 9.10. The molecule has 1 N–H and O–H groups in total. The molecule has 1 unspecified atom stereocenters. The summed E-state index contributed by atoms with van der Waals surface area (Å²) in [6.45, 7) is 2.24. The van der Waals surface area contributed by atoms with Crippen molar-refractivity contribution in [2.45, 2.75) is 37.1 Å². The van der Waals surface area contributed by atoms with Crippen LogP contribution in [-0.2, 0) is 0 Å². The summed E-state index contributed by atoms with van der Waals surface area (Å²) < 4.78 is 1.15. The Balaban J connectivity index is 2.18. The Bertz CT molecular complexity index is 282. The fourth-order valence-corrected chi connectivity index (χ4v) is 2.74. The van der Waals surface area contributed by atoms with E-state index in [1.54, 1.807) is 0 Å². The van der Waals surface area contributed by atoms with Crippen molar-refractivity contribution in [3.05, 3.63) is 28.7 Å². The molecule has 1 aromatic carbocycles. The van der Waals surface area contributed by atoms with E-state index >= 15 is 0 Å². The Kier molecular flexibility index (Phi) is 7.17. The number of halogens is 1. The van der Waals surface area contributed by atoms with E-state index in [0.29, 0.717) is 6.04 Å². The Morgan fingerprint density at radius 1 is 1.31 bits per heavy atom. The fourth-order valence-electron chi connectivity index (χ4n) is 1.60. The predicted octanol–water partition coefficient (Wildman–Crippen LogP) is 4.32. The monoisotopic (exact) mass is 301 g/mol. The maximum Gasteiger partial charge on any atom is 0.0176 e. The zero-order valence-corrected chi connectivity index (χ0v) is 12.4. The molecule has 0 saturated carbocycles. The minimum atomic E-state index is 0.686. The van der Waals surface area contributed by atoms with E-state index in [2.05, 4.69) is 59.5 Å². The van der Waals surface area contributed by atoms with Gasteiger partial charge in [0.15, 0.2) is 0 Å². The van der Waals surface area contributed by atoms with Crippen molar-refractivity contribution in [1.82, 2.24) is 5.32 Å². The van der Waals surface area contributed by atoms with Crippen LogP contribution in [0.2, 0.25) is 0 Å². The van der Waals surface area contributed by atoms with Crippen LogP contribution in [0.25, 0.3) is 0 Å². The molecule has 3 heteroatoms. The summed E-state index contributed by atoms with van der Waals surface area (Å²) in [5.41, 5.74) is 0. The number of hydrogen-bond donors (Lipinski definition) is 1. The molecule has 1 rings (SSSR count). The van der Waals surface area contributed by atoms with E-state index in [0.717, 1.165) is 4.47 Å². The third-order valence-electron chi connectivity index (χ3n) is 2.68. The highest BCUT2D eigenvalue weighted by Crippen LogP contribution is 2.21. The molecule has 90 valence electrons. The Morgan fingerprint density at radius 2 is 2.00 bits per heavy atom. The van der Waals surface area contributed by atoms with E-state index < -0.39 is 0 Å². The molecule has 0 aliphatic rings. The molecule has 0 bridgehead atoms. The lowest BCUT2D eigenvalue weighted by molar-refractivity contribution is 0.504. The quantitative estimate of drug-likeness (QED) is 0.594. The van der Waals surface area contributed by atoms with Gasteiger partial charge in [0.1, 0.15) is 0 Å². The number of thioether (sulfide) groups is 1. The van der Waals surface area contributed by atoms with Crippen LogP contribution >= 0.6 is 27.7 Å². The van der Waals surface area contributed by atoms with Crippen LogP contribution in [0.5, 0.6) is 0 Å². The van der Waals surface area contributed by atoms with Crippen LogP contribution in [-0.4, -0.2) is 18.8 Å². The van der Waals surface area contributed by atoms with Crippen molar-refractivity contribution in [3.8, 4) is 0 Å². The van der Waals surface area contributed by atoms with Gasteiger partial charge < -0.3 is 5.32 Å². The third-order valence-corrected chi connectivity index (χ3v) is 4.31. The van der Waals surface area contributed by atoms with Crippen LogP contribution in [0.15, 0.2) is 33.6 Å². The van der Waals surface area contributed by atoms with Gasteiger partial charge in [-0.05, 0) is 56.3 Å². The normalized spacial score (nSPS) is 12.7. The lowest BCUT2D eigenvalue weighted by atomic mass is 10.1. The van der Waals surface area contributed by atoms with Crippen molar-refractivity contribution in [2.24, 2.45) is 0 Å².